The topological polar surface area (TPSA) is 97.7 Å². The number of aryl methyl sites for hydroxylation is 1. The first-order valence-electron chi connectivity index (χ1n) is 8.39. The second kappa shape index (κ2) is 8.06. The van der Waals surface area contributed by atoms with Crippen LogP contribution in [0.25, 0.3) is 5.69 Å². The monoisotopic (exact) mass is 431 g/mol. The third kappa shape index (κ3) is 4.16. The molecule has 0 bridgehead atoms. The number of carboxylic acid groups (broad SMARTS) is 1. The van der Waals surface area contributed by atoms with Gasteiger partial charge in [-0.2, -0.15) is 0 Å². The largest absolute Gasteiger partial charge is 0.478 e. The van der Waals surface area contributed by atoms with E-state index in [-0.39, 0.29) is 21.3 Å². The van der Waals surface area contributed by atoms with Crippen LogP contribution in [0.4, 0.5) is 11.4 Å². The summed E-state index contributed by atoms with van der Waals surface area (Å²) in [6.07, 6.45) is 1.60. The molecular formula is C20H15Cl2N3O4. The van der Waals surface area contributed by atoms with E-state index in [9.17, 15) is 20.0 Å². The molecule has 3 rings (SSSR count). The predicted molar refractivity (Wildman–Crippen MR) is 113 cm³/mol. The number of nitrogens with zero attached hydrogens (tertiary/aromatic N) is 3. The van der Waals surface area contributed by atoms with Crippen LogP contribution in [0.1, 0.15) is 27.3 Å². The third-order valence-electron chi connectivity index (χ3n) is 4.39. The lowest BCUT2D eigenvalue weighted by Crippen LogP contribution is -2.03. The lowest BCUT2D eigenvalue weighted by atomic mass is 10.2. The summed E-state index contributed by atoms with van der Waals surface area (Å²) >= 11 is 11.8. The summed E-state index contributed by atoms with van der Waals surface area (Å²) in [5.74, 6) is -1.11. The maximum atomic E-state index is 11.4. The van der Waals surface area contributed by atoms with Gasteiger partial charge in [-0.25, -0.2) is 4.79 Å². The molecule has 0 aliphatic rings. The second-order valence-corrected chi connectivity index (χ2v) is 7.10. The summed E-state index contributed by atoms with van der Waals surface area (Å²) in [6, 6.07) is 11.0. The number of aromatic nitrogens is 1. The molecule has 1 heterocycles. The third-order valence-corrected chi connectivity index (χ3v) is 5.04. The number of hydrogen-bond donors (Lipinski definition) is 1. The van der Waals surface area contributed by atoms with Crippen LogP contribution >= 0.6 is 23.2 Å². The van der Waals surface area contributed by atoms with Crippen molar-refractivity contribution in [1.29, 1.82) is 0 Å². The molecule has 0 spiro atoms. The molecule has 1 N–H and O–H groups in total. The number of nitro groups is 1. The quantitative estimate of drug-likeness (QED) is 0.315. The van der Waals surface area contributed by atoms with E-state index in [2.05, 4.69) is 4.99 Å². The Morgan fingerprint density at radius 3 is 2.48 bits per heavy atom. The number of carboxylic acids is 1. The van der Waals surface area contributed by atoms with Crippen LogP contribution in [0.5, 0.6) is 0 Å². The normalized spacial score (nSPS) is 11.2. The minimum Gasteiger partial charge on any atom is -0.478 e. The SMILES string of the molecule is Cc1cc(C=Nc2ccc(Cl)c([N+](=O)[O-])c2)c(C)n1-c1ccc(Cl)c(C(=O)O)c1. The molecule has 0 unspecified atom stereocenters. The molecular weight excluding hydrogens is 417 g/mol. The minimum atomic E-state index is -1.11. The number of hydrogen-bond acceptors (Lipinski definition) is 4. The van der Waals surface area contributed by atoms with Crippen molar-refractivity contribution in [2.24, 2.45) is 4.99 Å². The van der Waals surface area contributed by atoms with Crippen LogP contribution in [0.2, 0.25) is 10.0 Å². The van der Waals surface area contributed by atoms with Gasteiger partial charge in [-0.3, -0.25) is 15.1 Å². The Morgan fingerprint density at radius 2 is 1.83 bits per heavy atom. The van der Waals surface area contributed by atoms with Crippen LogP contribution in [0, 0.1) is 24.0 Å². The van der Waals surface area contributed by atoms with Crippen LogP contribution in [-0.4, -0.2) is 26.8 Å². The van der Waals surface area contributed by atoms with Crippen molar-refractivity contribution in [3.63, 3.8) is 0 Å². The summed E-state index contributed by atoms with van der Waals surface area (Å²) in [4.78, 5) is 26.1. The van der Waals surface area contributed by atoms with Crippen molar-refractivity contribution in [3.8, 4) is 5.69 Å². The number of carbonyl (C=O) groups is 1. The van der Waals surface area contributed by atoms with E-state index in [1.165, 1.54) is 18.2 Å². The first kappa shape index (κ1) is 20.6. The van der Waals surface area contributed by atoms with E-state index in [1.54, 1.807) is 24.4 Å². The van der Waals surface area contributed by atoms with Crippen molar-refractivity contribution in [3.05, 3.63) is 85.1 Å². The fourth-order valence-corrected chi connectivity index (χ4v) is 3.38. The number of aliphatic imine (C=N–C) groups is 1. The highest BCUT2D eigenvalue weighted by molar-refractivity contribution is 6.33. The van der Waals surface area contributed by atoms with Crippen LogP contribution in [0.3, 0.4) is 0 Å². The van der Waals surface area contributed by atoms with Gasteiger partial charge in [0.15, 0.2) is 0 Å². The van der Waals surface area contributed by atoms with Crippen molar-refractivity contribution >= 4 is 46.8 Å². The fraction of sp³-hybridized carbons (Fsp3) is 0.100. The van der Waals surface area contributed by atoms with Gasteiger partial charge in [0.05, 0.1) is 21.2 Å². The lowest BCUT2D eigenvalue weighted by Gasteiger charge is -2.11. The highest BCUT2D eigenvalue weighted by Gasteiger charge is 2.15. The highest BCUT2D eigenvalue weighted by atomic mass is 35.5. The summed E-state index contributed by atoms with van der Waals surface area (Å²) in [6.45, 7) is 3.75. The molecule has 0 radical (unpaired) electrons. The molecule has 3 aromatic rings. The first-order chi connectivity index (χ1) is 13.7. The van der Waals surface area contributed by atoms with E-state index in [4.69, 9.17) is 23.2 Å². The second-order valence-electron chi connectivity index (χ2n) is 6.28. The maximum absolute atomic E-state index is 11.4. The van der Waals surface area contributed by atoms with E-state index in [1.807, 2.05) is 24.5 Å². The molecule has 0 amide bonds. The zero-order chi connectivity index (χ0) is 21.3. The average Bonchev–Trinajstić information content (AvgIpc) is 2.94. The number of nitro benzene ring substituents is 1. The van der Waals surface area contributed by atoms with E-state index < -0.39 is 10.9 Å². The molecule has 0 saturated heterocycles. The van der Waals surface area contributed by atoms with Crippen LogP contribution < -0.4 is 0 Å². The average molecular weight is 432 g/mol. The Labute approximate surface area is 176 Å². The molecule has 148 valence electrons. The van der Waals surface area contributed by atoms with Gasteiger partial charge in [0, 0.05) is 34.9 Å². The van der Waals surface area contributed by atoms with E-state index in [0.29, 0.717) is 11.4 Å². The summed E-state index contributed by atoms with van der Waals surface area (Å²) in [5.41, 5.74) is 3.33. The molecule has 0 aliphatic carbocycles. The van der Waals surface area contributed by atoms with Crippen LogP contribution in [-0.2, 0) is 0 Å². The molecule has 0 saturated carbocycles. The molecule has 0 aliphatic heterocycles. The highest BCUT2D eigenvalue weighted by Crippen LogP contribution is 2.29. The van der Waals surface area contributed by atoms with Crippen molar-refractivity contribution in [1.82, 2.24) is 4.57 Å². The maximum Gasteiger partial charge on any atom is 0.337 e. The van der Waals surface area contributed by atoms with Gasteiger partial charge < -0.3 is 9.67 Å². The number of benzene rings is 2. The summed E-state index contributed by atoms with van der Waals surface area (Å²) in [7, 11) is 0. The van der Waals surface area contributed by atoms with Gasteiger partial charge >= 0.3 is 5.97 Å². The number of halogens is 2. The molecule has 1 aromatic heterocycles. The Balaban J connectivity index is 2.00. The van der Waals surface area contributed by atoms with Gasteiger partial charge in [0.2, 0.25) is 0 Å². The zero-order valence-electron chi connectivity index (χ0n) is 15.4. The van der Waals surface area contributed by atoms with Crippen molar-refractivity contribution < 1.29 is 14.8 Å². The molecule has 7 nitrogen and oxygen atoms in total. The zero-order valence-corrected chi connectivity index (χ0v) is 16.9. The summed E-state index contributed by atoms with van der Waals surface area (Å²) < 4.78 is 1.88. The molecule has 2 aromatic carbocycles. The Bertz CT molecular complexity index is 1170. The van der Waals surface area contributed by atoms with Gasteiger partial charge in [-0.1, -0.05) is 23.2 Å². The smallest absolute Gasteiger partial charge is 0.337 e. The molecule has 0 atom stereocenters. The molecule has 9 heteroatoms. The number of aromatic carboxylic acids is 1. The van der Waals surface area contributed by atoms with Crippen molar-refractivity contribution in [2.45, 2.75) is 13.8 Å². The van der Waals surface area contributed by atoms with Gasteiger partial charge in [-0.05, 0) is 50.2 Å². The number of rotatable bonds is 5. The van der Waals surface area contributed by atoms with E-state index >= 15 is 0 Å². The standard InChI is InChI=1S/C20H15Cl2N3O4/c1-11-7-13(10-23-14-3-5-18(22)19(8-14)25(28)29)12(2)24(11)15-4-6-17(21)16(9-15)20(26)27/h3-10H,1-2H3,(H,26,27). The van der Waals surface area contributed by atoms with Crippen molar-refractivity contribution in [2.75, 3.05) is 0 Å². The molecule has 29 heavy (non-hydrogen) atoms. The van der Waals surface area contributed by atoms with Crippen LogP contribution in [0.15, 0.2) is 47.5 Å². The van der Waals surface area contributed by atoms with Gasteiger partial charge in [0.25, 0.3) is 5.69 Å². The first-order valence-corrected chi connectivity index (χ1v) is 9.15. The summed E-state index contributed by atoms with van der Waals surface area (Å²) in [5, 5.41) is 20.5. The Kier molecular flexibility index (Phi) is 5.72. The predicted octanol–water partition coefficient (Wildman–Crippen LogP) is 5.76. The lowest BCUT2D eigenvalue weighted by molar-refractivity contribution is -0.384. The molecule has 0 fully saturated rings. The van der Waals surface area contributed by atoms with E-state index in [0.717, 1.165) is 17.0 Å². The van der Waals surface area contributed by atoms with Gasteiger partial charge in [-0.15, -0.1) is 0 Å². The van der Waals surface area contributed by atoms with Gasteiger partial charge in [0.1, 0.15) is 5.02 Å². The fourth-order valence-electron chi connectivity index (χ4n) is 3.00. The minimum absolute atomic E-state index is 0.0142. The Morgan fingerprint density at radius 1 is 1.14 bits per heavy atom. The Hall–Kier alpha value is -3.16.